The number of alkyl halides is 3. The van der Waals surface area contributed by atoms with Gasteiger partial charge in [-0.15, -0.1) is 0 Å². The third kappa shape index (κ3) is 19.2. The molecule has 1 aromatic rings. The van der Waals surface area contributed by atoms with Crippen molar-refractivity contribution in [3.8, 4) is 0 Å². The van der Waals surface area contributed by atoms with E-state index in [2.05, 4.69) is 26.6 Å². The minimum Gasteiger partial charge on any atom is -0.481 e. The van der Waals surface area contributed by atoms with Crippen LogP contribution in [-0.2, 0) is 49.6 Å². The first-order valence-electron chi connectivity index (χ1n) is 19.0. The highest BCUT2D eigenvalue weighted by Gasteiger charge is 2.39. The molecule has 0 bridgehead atoms. The standard InChI is InChI=1S/C39H57F3N6O11/c1-20(2)15-25(33(55)43-24(19-49)18-39(40,41)42)46-37(59)32(38(6,7)8)48-35(57)26(16-23-12-10-9-11-22(23)5)45-36(58)31(21(3)4)47-34(56)27(17-30(53)54)44-28(50)13-14-29(51)52/h9-12,19-21,24-27,31-32H,13-18H2,1-8H3,(H,43,55)(H,44,50)(H,45,58)(H,46,59)(H,47,56)(H,48,57)(H,51,52)(H,53,54)/t24-,25-,26-,27-,31-,32+/m0/s1. The van der Waals surface area contributed by atoms with E-state index < -0.39 is 127 Å². The van der Waals surface area contributed by atoms with Crippen molar-refractivity contribution in [2.45, 2.75) is 136 Å². The molecule has 0 saturated carbocycles. The lowest BCUT2D eigenvalue weighted by atomic mass is 9.85. The van der Waals surface area contributed by atoms with Crippen molar-refractivity contribution in [1.82, 2.24) is 31.9 Å². The lowest BCUT2D eigenvalue weighted by Gasteiger charge is -2.34. The number of aliphatic carboxylic acids is 2. The Balaban J connectivity index is 3.49. The van der Waals surface area contributed by atoms with Crippen LogP contribution in [0.4, 0.5) is 13.2 Å². The summed E-state index contributed by atoms with van der Waals surface area (Å²) in [5.41, 5.74) is 0.271. The Morgan fingerprint density at radius 3 is 1.75 bits per heavy atom. The lowest BCUT2D eigenvalue weighted by molar-refractivity contribution is -0.147. The SMILES string of the molecule is Cc1ccccc1C[C@H](NC(=O)[C@@H](NC(=O)[C@H](CC(=O)O)NC(=O)CCC(=O)O)C(C)C)C(=O)N[C@H](C(=O)N[C@@H](CC(C)C)C(=O)N[C@H](C=O)CC(F)(F)F)C(C)(C)C. The molecule has 0 spiro atoms. The van der Waals surface area contributed by atoms with Crippen LogP contribution in [0.15, 0.2) is 24.3 Å². The largest absolute Gasteiger partial charge is 0.481 e. The number of carbonyl (C=O) groups is 9. The predicted molar refractivity (Wildman–Crippen MR) is 206 cm³/mol. The maximum absolute atomic E-state index is 14.2. The number of rotatable bonds is 23. The first-order valence-corrected chi connectivity index (χ1v) is 19.0. The predicted octanol–water partition coefficient (Wildman–Crippen LogP) is 1.69. The van der Waals surface area contributed by atoms with E-state index >= 15 is 0 Å². The zero-order valence-electron chi connectivity index (χ0n) is 34.5. The summed E-state index contributed by atoms with van der Waals surface area (Å²) in [5.74, 6) is -9.45. The van der Waals surface area contributed by atoms with Gasteiger partial charge in [0.2, 0.25) is 35.4 Å². The molecule has 17 nitrogen and oxygen atoms in total. The van der Waals surface area contributed by atoms with Crippen LogP contribution in [0.25, 0.3) is 0 Å². The van der Waals surface area contributed by atoms with Gasteiger partial charge in [0.15, 0.2) is 0 Å². The molecule has 0 fully saturated rings. The second-order valence-corrected chi connectivity index (χ2v) is 16.1. The van der Waals surface area contributed by atoms with Gasteiger partial charge in [0, 0.05) is 12.8 Å². The Bertz CT molecular complexity index is 1680. The number of hydrogen-bond donors (Lipinski definition) is 8. The van der Waals surface area contributed by atoms with Crippen LogP contribution in [-0.4, -0.2) is 106 Å². The molecule has 0 heterocycles. The Hall–Kier alpha value is -5.56. The van der Waals surface area contributed by atoms with Crippen LogP contribution in [0.3, 0.4) is 0 Å². The number of carboxylic acid groups (broad SMARTS) is 2. The molecular weight excluding hydrogens is 785 g/mol. The summed E-state index contributed by atoms with van der Waals surface area (Å²) in [7, 11) is 0. The number of carboxylic acids is 2. The van der Waals surface area contributed by atoms with E-state index in [9.17, 15) is 61.4 Å². The van der Waals surface area contributed by atoms with Crippen LogP contribution < -0.4 is 31.9 Å². The van der Waals surface area contributed by atoms with Crippen LogP contribution >= 0.6 is 0 Å². The van der Waals surface area contributed by atoms with Crippen molar-refractivity contribution >= 4 is 53.7 Å². The summed E-state index contributed by atoms with van der Waals surface area (Å²) < 4.78 is 39.0. The molecule has 0 aliphatic carbocycles. The van der Waals surface area contributed by atoms with Crippen LogP contribution in [0.5, 0.6) is 0 Å². The van der Waals surface area contributed by atoms with Crippen molar-refractivity contribution in [1.29, 1.82) is 0 Å². The average molecular weight is 843 g/mol. The number of amides is 6. The minimum absolute atomic E-state index is 0.0480. The van der Waals surface area contributed by atoms with Gasteiger partial charge in [-0.3, -0.25) is 38.4 Å². The molecule has 59 heavy (non-hydrogen) atoms. The Morgan fingerprint density at radius 2 is 1.25 bits per heavy atom. The first-order chi connectivity index (χ1) is 27.1. The van der Waals surface area contributed by atoms with E-state index in [4.69, 9.17) is 5.11 Å². The van der Waals surface area contributed by atoms with Crippen LogP contribution in [0.1, 0.15) is 91.7 Å². The van der Waals surface area contributed by atoms with Gasteiger partial charge >= 0.3 is 18.1 Å². The van der Waals surface area contributed by atoms with E-state index in [1.807, 2.05) is 5.32 Å². The summed E-state index contributed by atoms with van der Waals surface area (Å²) >= 11 is 0. The Morgan fingerprint density at radius 1 is 0.695 bits per heavy atom. The zero-order chi connectivity index (χ0) is 45.4. The molecule has 330 valence electrons. The highest BCUT2D eigenvalue weighted by Crippen LogP contribution is 2.23. The van der Waals surface area contributed by atoms with Gasteiger partial charge in [-0.05, 0) is 41.7 Å². The maximum Gasteiger partial charge on any atom is 0.391 e. The quantitative estimate of drug-likeness (QED) is 0.0735. The molecular formula is C39H57F3N6O11. The molecule has 0 radical (unpaired) electrons. The fourth-order valence-corrected chi connectivity index (χ4v) is 5.73. The topological polar surface area (TPSA) is 266 Å². The summed E-state index contributed by atoms with van der Waals surface area (Å²) in [4.78, 5) is 114. The number of nitrogens with one attached hydrogen (secondary N) is 6. The maximum atomic E-state index is 14.2. The van der Waals surface area contributed by atoms with Gasteiger partial charge in [0.1, 0.15) is 36.5 Å². The third-order valence-corrected chi connectivity index (χ3v) is 8.86. The van der Waals surface area contributed by atoms with E-state index in [-0.39, 0.29) is 25.0 Å². The number of aldehydes is 1. The molecule has 0 saturated heterocycles. The van der Waals surface area contributed by atoms with Gasteiger partial charge in [0.25, 0.3) is 0 Å². The van der Waals surface area contributed by atoms with E-state index in [1.54, 1.807) is 79.7 Å². The smallest absolute Gasteiger partial charge is 0.391 e. The highest BCUT2D eigenvalue weighted by molar-refractivity contribution is 5.97. The van der Waals surface area contributed by atoms with Gasteiger partial charge in [-0.2, -0.15) is 13.2 Å². The lowest BCUT2D eigenvalue weighted by Crippen LogP contribution is -2.62. The molecule has 0 unspecified atom stereocenters. The van der Waals surface area contributed by atoms with Crippen LogP contribution in [0, 0.1) is 24.2 Å². The Labute approximate surface area is 340 Å². The average Bonchev–Trinajstić information content (AvgIpc) is 3.09. The van der Waals surface area contributed by atoms with Crippen molar-refractivity contribution in [2.75, 3.05) is 0 Å². The fourth-order valence-electron chi connectivity index (χ4n) is 5.73. The molecule has 1 aromatic carbocycles. The highest BCUT2D eigenvalue weighted by atomic mass is 19.4. The number of benzene rings is 1. The Kier molecular flexibility index (Phi) is 20.2. The summed E-state index contributed by atoms with van der Waals surface area (Å²) in [6, 6.07) is -2.38. The van der Waals surface area contributed by atoms with Crippen molar-refractivity contribution < 1.29 is 66.5 Å². The molecule has 0 aromatic heterocycles. The number of hydrogen-bond acceptors (Lipinski definition) is 9. The molecule has 20 heteroatoms. The van der Waals surface area contributed by atoms with Crippen molar-refractivity contribution in [3.63, 3.8) is 0 Å². The molecule has 8 N–H and O–H groups in total. The van der Waals surface area contributed by atoms with Gasteiger partial charge in [-0.1, -0.05) is 72.7 Å². The molecule has 6 atom stereocenters. The minimum atomic E-state index is -4.77. The van der Waals surface area contributed by atoms with Gasteiger partial charge < -0.3 is 46.9 Å². The van der Waals surface area contributed by atoms with Gasteiger partial charge in [0.05, 0.1) is 25.3 Å². The number of carbonyl (C=O) groups excluding carboxylic acids is 7. The van der Waals surface area contributed by atoms with E-state index in [0.717, 1.165) is 5.56 Å². The molecule has 0 aliphatic heterocycles. The number of aryl methyl sites for hydroxylation is 1. The molecule has 1 rings (SSSR count). The second kappa shape index (κ2) is 23.1. The normalized spacial score (nSPS) is 14.7. The van der Waals surface area contributed by atoms with Gasteiger partial charge in [-0.25, -0.2) is 0 Å². The monoisotopic (exact) mass is 842 g/mol. The molecule has 0 aliphatic rings. The first kappa shape index (κ1) is 51.5. The van der Waals surface area contributed by atoms with Crippen LogP contribution in [0.2, 0.25) is 0 Å². The summed E-state index contributed by atoms with van der Waals surface area (Å²) in [6.07, 6.45) is -8.69. The van der Waals surface area contributed by atoms with E-state index in [0.29, 0.717) is 5.56 Å². The number of halogens is 3. The van der Waals surface area contributed by atoms with E-state index in [1.165, 1.54) is 0 Å². The summed E-state index contributed by atoms with van der Waals surface area (Å²) in [5, 5.41) is 32.6. The second-order valence-electron chi connectivity index (χ2n) is 16.1. The summed E-state index contributed by atoms with van der Waals surface area (Å²) in [6.45, 7) is 13.0. The third-order valence-electron chi connectivity index (χ3n) is 8.86. The fraction of sp³-hybridized carbons (Fsp3) is 0.615. The molecule has 6 amide bonds. The zero-order valence-corrected chi connectivity index (χ0v) is 34.5. The van der Waals surface area contributed by atoms with Crippen molar-refractivity contribution in [2.24, 2.45) is 17.3 Å². The van der Waals surface area contributed by atoms with Crippen molar-refractivity contribution in [3.05, 3.63) is 35.4 Å².